The Labute approximate surface area is 124 Å². The van der Waals surface area contributed by atoms with Crippen LogP contribution in [-0.2, 0) is 0 Å². The maximum Gasteiger partial charge on any atom is 0.255 e. The SMILES string of the molecule is Cl.O=C(NCCC1CCNC1)c1cnn2ccccc12. The molecule has 3 rings (SSSR count). The van der Waals surface area contributed by atoms with E-state index >= 15 is 0 Å². The Morgan fingerprint density at radius 2 is 2.40 bits per heavy atom. The minimum Gasteiger partial charge on any atom is -0.352 e. The van der Waals surface area contributed by atoms with Crippen LogP contribution in [0.5, 0.6) is 0 Å². The van der Waals surface area contributed by atoms with Gasteiger partial charge < -0.3 is 10.6 Å². The van der Waals surface area contributed by atoms with Gasteiger partial charge in [0.1, 0.15) is 0 Å². The minimum atomic E-state index is -0.0350. The predicted molar refractivity (Wildman–Crippen MR) is 80.4 cm³/mol. The van der Waals surface area contributed by atoms with Crippen LogP contribution < -0.4 is 10.6 Å². The van der Waals surface area contributed by atoms with Crippen molar-refractivity contribution < 1.29 is 4.79 Å². The Morgan fingerprint density at radius 1 is 1.50 bits per heavy atom. The molecule has 0 aliphatic carbocycles. The molecule has 2 aromatic heterocycles. The van der Waals surface area contributed by atoms with Crippen molar-refractivity contribution in [3.05, 3.63) is 36.2 Å². The summed E-state index contributed by atoms with van der Waals surface area (Å²) in [5, 5.41) is 10.5. The molecule has 0 spiro atoms. The molecule has 2 N–H and O–H groups in total. The Morgan fingerprint density at radius 3 is 3.20 bits per heavy atom. The van der Waals surface area contributed by atoms with Gasteiger partial charge in [0.15, 0.2) is 0 Å². The third kappa shape index (κ3) is 3.11. The molecule has 1 aliphatic heterocycles. The van der Waals surface area contributed by atoms with Gasteiger partial charge in [-0.3, -0.25) is 4.79 Å². The lowest BCUT2D eigenvalue weighted by Gasteiger charge is -2.08. The Bertz CT molecular complexity index is 577. The van der Waals surface area contributed by atoms with E-state index in [-0.39, 0.29) is 18.3 Å². The summed E-state index contributed by atoms with van der Waals surface area (Å²) in [4.78, 5) is 12.1. The molecular weight excluding hydrogens is 276 g/mol. The zero-order valence-electron chi connectivity index (χ0n) is 11.2. The predicted octanol–water partition coefficient (Wildman–Crippen LogP) is 1.49. The molecule has 2 aromatic rings. The van der Waals surface area contributed by atoms with Crippen molar-refractivity contribution in [3.63, 3.8) is 0 Å². The van der Waals surface area contributed by atoms with Gasteiger partial charge in [-0.05, 0) is 44.0 Å². The third-order valence-electron chi connectivity index (χ3n) is 3.67. The maximum absolute atomic E-state index is 12.1. The number of carbonyl (C=O) groups excluding carboxylic acids is 1. The summed E-state index contributed by atoms with van der Waals surface area (Å²) >= 11 is 0. The fourth-order valence-electron chi connectivity index (χ4n) is 2.56. The van der Waals surface area contributed by atoms with Gasteiger partial charge in [0.2, 0.25) is 0 Å². The standard InChI is InChI=1S/C14H18N4O.ClH/c19-14(16-7-5-11-4-6-15-9-11)12-10-17-18-8-2-1-3-13(12)18;/h1-3,8,10-11,15H,4-7,9H2,(H,16,19);1H. The smallest absolute Gasteiger partial charge is 0.255 e. The zero-order chi connectivity index (χ0) is 13.1. The number of halogens is 1. The average Bonchev–Trinajstić information content (AvgIpc) is 3.07. The summed E-state index contributed by atoms with van der Waals surface area (Å²) in [6.45, 7) is 2.91. The van der Waals surface area contributed by atoms with Gasteiger partial charge >= 0.3 is 0 Å². The highest BCUT2D eigenvalue weighted by molar-refractivity contribution is 6.00. The molecule has 1 atom stereocenters. The quantitative estimate of drug-likeness (QED) is 0.898. The summed E-state index contributed by atoms with van der Waals surface area (Å²) in [5.41, 5.74) is 1.49. The largest absolute Gasteiger partial charge is 0.352 e. The van der Waals surface area contributed by atoms with Crippen LogP contribution in [0.15, 0.2) is 30.6 Å². The first-order chi connectivity index (χ1) is 9.34. The van der Waals surface area contributed by atoms with Crippen LogP contribution in [-0.4, -0.2) is 35.2 Å². The van der Waals surface area contributed by atoms with Gasteiger partial charge in [-0.25, -0.2) is 4.52 Å². The first-order valence-electron chi connectivity index (χ1n) is 6.76. The van der Waals surface area contributed by atoms with Crippen LogP contribution in [0.1, 0.15) is 23.2 Å². The van der Waals surface area contributed by atoms with Gasteiger partial charge in [-0.15, -0.1) is 12.4 Å². The van der Waals surface area contributed by atoms with E-state index in [9.17, 15) is 4.79 Å². The van der Waals surface area contributed by atoms with Gasteiger partial charge in [0.05, 0.1) is 17.3 Å². The molecule has 20 heavy (non-hydrogen) atoms. The fourth-order valence-corrected chi connectivity index (χ4v) is 2.56. The molecule has 6 heteroatoms. The third-order valence-corrected chi connectivity index (χ3v) is 3.67. The Kier molecular flexibility index (Phi) is 4.98. The second kappa shape index (κ2) is 6.72. The maximum atomic E-state index is 12.1. The first-order valence-corrected chi connectivity index (χ1v) is 6.76. The number of fused-ring (bicyclic) bond motifs is 1. The molecule has 1 unspecified atom stereocenters. The number of nitrogens with zero attached hydrogens (tertiary/aromatic N) is 2. The summed E-state index contributed by atoms with van der Waals surface area (Å²) in [7, 11) is 0. The number of nitrogens with one attached hydrogen (secondary N) is 2. The van der Waals surface area contributed by atoms with Gasteiger partial charge in [-0.2, -0.15) is 5.10 Å². The number of pyridine rings is 1. The van der Waals surface area contributed by atoms with Crippen LogP contribution in [0.2, 0.25) is 0 Å². The molecule has 1 saturated heterocycles. The number of rotatable bonds is 4. The highest BCUT2D eigenvalue weighted by Crippen LogP contribution is 2.12. The molecule has 1 fully saturated rings. The second-order valence-electron chi connectivity index (χ2n) is 4.99. The number of hydrogen-bond donors (Lipinski definition) is 2. The second-order valence-corrected chi connectivity index (χ2v) is 4.99. The van der Waals surface area contributed by atoms with E-state index in [0.717, 1.165) is 31.6 Å². The average molecular weight is 295 g/mol. The highest BCUT2D eigenvalue weighted by atomic mass is 35.5. The molecule has 0 saturated carbocycles. The van der Waals surface area contributed by atoms with Crippen molar-refractivity contribution in [1.29, 1.82) is 0 Å². The van der Waals surface area contributed by atoms with Crippen molar-refractivity contribution >= 4 is 23.8 Å². The molecule has 0 bridgehead atoms. The van der Waals surface area contributed by atoms with Gasteiger partial charge in [0, 0.05) is 12.7 Å². The molecule has 1 aliphatic rings. The molecule has 1 amide bonds. The van der Waals surface area contributed by atoms with Crippen LogP contribution in [0, 0.1) is 5.92 Å². The lowest BCUT2D eigenvalue weighted by atomic mass is 10.1. The van der Waals surface area contributed by atoms with Crippen LogP contribution in [0.25, 0.3) is 5.52 Å². The minimum absolute atomic E-state index is 0. The molecule has 3 heterocycles. The van der Waals surface area contributed by atoms with Crippen molar-refractivity contribution in [2.45, 2.75) is 12.8 Å². The molecule has 0 aromatic carbocycles. The first kappa shape index (κ1) is 14.8. The van der Waals surface area contributed by atoms with Gasteiger partial charge in [-0.1, -0.05) is 6.07 Å². The van der Waals surface area contributed by atoms with Crippen LogP contribution >= 0.6 is 12.4 Å². The van der Waals surface area contributed by atoms with Crippen molar-refractivity contribution in [3.8, 4) is 0 Å². The van der Waals surface area contributed by atoms with E-state index in [1.54, 1.807) is 10.7 Å². The molecule has 108 valence electrons. The number of carbonyl (C=O) groups is 1. The zero-order valence-corrected chi connectivity index (χ0v) is 12.0. The Balaban J connectivity index is 0.00000147. The lowest BCUT2D eigenvalue weighted by molar-refractivity contribution is 0.0953. The summed E-state index contributed by atoms with van der Waals surface area (Å²) in [5.74, 6) is 0.663. The van der Waals surface area contributed by atoms with Crippen molar-refractivity contribution in [2.75, 3.05) is 19.6 Å². The number of hydrogen-bond acceptors (Lipinski definition) is 3. The summed E-state index contributed by atoms with van der Waals surface area (Å²) in [6, 6.07) is 5.72. The summed E-state index contributed by atoms with van der Waals surface area (Å²) in [6.07, 6.45) is 5.72. The van der Waals surface area contributed by atoms with E-state index in [1.807, 2.05) is 24.4 Å². The molecule has 5 nitrogen and oxygen atoms in total. The van der Waals surface area contributed by atoms with Crippen molar-refractivity contribution in [2.24, 2.45) is 5.92 Å². The van der Waals surface area contributed by atoms with E-state index in [0.29, 0.717) is 11.5 Å². The van der Waals surface area contributed by atoms with E-state index in [4.69, 9.17) is 0 Å². The van der Waals surface area contributed by atoms with Crippen molar-refractivity contribution in [1.82, 2.24) is 20.2 Å². The monoisotopic (exact) mass is 294 g/mol. The fraction of sp³-hybridized carbons (Fsp3) is 0.429. The molecular formula is C14H19ClN4O. The highest BCUT2D eigenvalue weighted by Gasteiger charge is 2.15. The van der Waals surface area contributed by atoms with Gasteiger partial charge in [0.25, 0.3) is 5.91 Å². The van der Waals surface area contributed by atoms with Crippen LogP contribution in [0.3, 0.4) is 0 Å². The normalized spacial score (nSPS) is 17.9. The number of amides is 1. The number of aromatic nitrogens is 2. The molecule has 0 radical (unpaired) electrons. The van der Waals surface area contributed by atoms with E-state index in [1.165, 1.54) is 6.42 Å². The summed E-state index contributed by atoms with van der Waals surface area (Å²) < 4.78 is 1.72. The van der Waals surface area contributed by atoms with Crippen LogP contribution in [0.4, 0.5) is 0 Å². The Hall–Kier alpha value is -1.59. The van der Waals surface area contributed by atoms with E-state index in [2.05, 4.69) is 15.7 Å². The topological polar surface area (TPSA) is 58.4 Å². The van der Waals surface area contributed by atoms with E-state index < -0.39 is 0 Å². The lowest BCUT2D eigenvalue weighted by Crippen LogP contribution is -2.26.